The Morgan fingerprint density at radius 3 is 2.13 bits per heavy atom. The zero-order chi connectivity index (χ0) is 15.8. The molecular formula is C21H20O2. The van der Waals surface area contributed by atoms with E-state index >= 15 is 0 Å². The fraction of sp³-hybridized carbons (Fsp3) is 0.333. The van der Waals surface area contributed by atoms with Crippen molar-refractivity contribution in [3.8, 4) is 0 Å². The maximum atomic E-state index is 13.0. The van der Waals surface area contributed by atoms with Crippen LogP contribution in [0.3, 0.4) is 0 Å². The molecule has 0 bridgehead atoms. The van der Waals surface area contributed by atoms with Gasteiger partial charge in [0.1, 0.15) is 0 Å². The minimum Gasteiger partial charge on any atom is -0.289 e. The van der Waals surface area contributed by atoms with Crippen molar-refractivity contribution >= 4 is 11.6 Å². The van der Waals surface area contributed by atoms with E-state index < -0.39 is 0 Å². The van der Waals surface area contributed by atoms with E-state index in [1.165, 1.54) is 32.1 Å². The van der Waals surface area contributed by atoms with E-state index in [0.29, 0.717) is 28.2 Å². The number of carbonyl (C=O) groups excluding carboxylic acids is 2. The first kappa shape index (κ1) is 14.4. The van der Waals surface area contributed by atoms with Crippen LogP contribution in [-0.4, -0.2) is 11.6 Å². The maximum absolute atomic E-state index is 13.0. The molecule has 116 valence electrons. The molecular weight excluding hydrogens is 284 g/mol. The van der Waals surface area contributed by atoms with Crippen LogP contribution in [0.5, 0.6) is 0 Å². The lowest BCUT2D eigenvalue weighted by atomic mass is 9.78. The number of ketones is 2. The number of rotatable bonds is 2. The summed E-state index contributed by atoms with van der Waals surface area (Å²) in [7, 11) is 0. The zero-order valence-corrected chi connectivity index (χ0v) is 13.2. The summed E-state index contributed by atoms with van der Waals surface area (Å²) >= 11 is 0. The Kier molecular flexibility index (Phi) is 3.60. The Hall–Kier alpha value is -2.22. The van der Waals surface area contributed by atoms with Gasteiger partial charge in [-0.25, -0.2) is 0 Å². The number of hydrogen-bond acceptors (Lipinski definition) is 2. The third-order valence-electron chi connectivity index (χ3n) is 5.27. The Bertz CT molecular complexity index is 782. The summed E-state index contributed by atoms with van der Waals surface area (Å²) in [4.78, 5) is 25.7. The van der Waals surface area contributed by atoms with Crippen molar-refractivity contribution in [1.29, 1.82) is 0 Å². The molecule has 0 spiro atoms. The summed E-state index contributed by atoms with van der Waals surface area (Å²) in [6.07, 6.45) is 7.30. The minimum atomic E-state index is -0.0132. The first-order valence-electron chi connectivity index (χ1n) is 8.56. The van der Waals surface area contributed by atoms with Gasteiger partial charge in [0.2, 0.25) is 0 Å². The molecule has 2 aliphatic rings. The SMILES string of the molecule is O=C1c2ccccc2C(=O)c2c(CC3CCCCC3)cccc21. The predicted octanol–water partition coefficient (Wildman–Crippen LogP) is 4.58. The smallest absolute Gasteiger partial charge is 0.194 e. The quantitative estimate of drug-likeness (QED) is 0.694. The lowest BCUT2D eigenvalue weighted by Gasteiger charge is -2.25. The number of carbonyl (C=O) groups is 2. The average molecular weight is 304 g/mol. The first-order chi connectivity index (χ1) is 11.3. The molecule has 0 aliphatic heterocycles. The van der Waals surface area contributed by atoms with Crippen LogP contribution in [0.1, 0.15) is 69.5 Å². The van der Waals surface area contributed by atoms with Crippen molar-refractivity contribution in [2.45, 2.75) is 38.5 Å². The molecule has 23 heavy (non-hydrogen) atoms. The standard InChI is InChI=1S/C21H20O2/c22-20-16-10-4-5-11-17(16)21(23)19-15(9-6-12-18(19)20)13-14-7-2-1-3-8-14/h4-6,9-12,14H,1-3,7-8,13H2. The van der Waals surface area contributed by atoms with Crippen LogP contribution in [-0.2, 0) is 6.42 Å². The van der Waals surface area contributed by atoms with Gasteiger partial charge in [-0.2, -0.15) is 0 Å². The van der Waals surface area contributed by atoms with Gasteiger partial charge in [0.05, 0.1) is 0 Å². The second-order valence-electron chi connectivity index (χ2n) is 6.75. The van der Waals surface area contributed by atoms with Gasteiger partial charge in [-0.1, -0.05) is 74.6 Å². The highest BCUT2D eigenvalue weighted by Crippen LogP contribution is 2.33. The lowest BCUT2D eigenvalue weighted by Crippen LogP contribution is -2.23. The molecule has 2 heteroatoms. The fourth-order valence-electron chi connectivity index (χ4n) is 4.09. The van der Waals surface area contributed by atoms with Crippen LogP contribution >= 0.6 is 0 Å². The molecule has 0 radical (unpaired) electrons. The van der Waals surface area contributed by atoms with Gasteiger partial charge in [0.15, 0.2) is 11.6 Å². The highest BCUT2D eigenvalue weighted by molar-refractivity contribution is 6.28. The van der Waals surface area contributed by atoms with Crippen LogP contribution in [0.25, 0.3) is 0 Å². The molecule has 1 fully saturated rings. The topological polar surface area (TPSA) is 34.1 Å². The van der Waals surface area contributed by atoms with Gasteiger partial charge in [-0.05, 0) is 17.9 Å². The number of hydrogen-bond donors (Lipinski definition) is 0. The van der Waals surface area contributed by atoms with Crippen molar-refractivity contribution in [1.82, 2.24) is 0 Å². The molecule has 2 aromatic rings. The summed E-state index contributed by atoms with van der Waals surface area (Å²) in [5.41, 5.74) is 3.40. The Balaban J connectivity index is 1.77. The van der Waals surface area contributed by atoms with E-state index in [1.54, 1.807) is 18.2 Å². The number of benzene rings is 2. The molecule has 2 aliphatic carbocycles. The monoisotopic (exact) mass is 304 g/mol. The molecule has 0 N–H and O–H groups in total. The molecule has 4 rings (SSSR count). The minimum absolute atomic E-state index is 0.0132. The maximum Gasteiger partial charge on any atom is 0.194 e. The van der Waals surface area contributed by atoms with Gasteiger partial charge in [-0.15, -0.1) is 0 Å². The normalized spacial score (nSPS) is 17.7. The van der Waals surface area contributed by atoms with Gasteiger partial charge >= 0.3 is 0 Å². The summed E-state index contributed by atoms with van der Waals surface area (Å²) in [5.74, 6) is 0.651. The molecule has 2 aromatic carbocycles. The molecule has 0 atom stereocenters. The molecule has 0 amide bonds. The van der Waals surface area contributed by atoms with Gasteiger partial charge in [0, 0.05) is 22.3 Å². The third-order valence-corrected chi connectivity index (χ3v) is 5.27. The Morgan fingerprint density at radius 2 is 1.39 bits per heavy atom. The second-order valence-corrected chi connectivity index (χ2v) is 6.75. The molecule has 0 heterocycles. The molecule has 0 saturated heterocycles. The van der Waals surface area contributed by atoms with Crippen LogP contribution in [0.2, 0.25) is 0 Å². The Morgan fingerprint density at radius 1 is 0.739 bits per heavy atom. The third kappa shape index (κ3) is 2.42. The predicted molar refractivity (Wildman–Crippen MR) is 90.0 cm³/mol. The zero-order valence-electron chi connectivity index (χ0n) is 13.2. The molecule has 2 nitrogen and oxygen atoms in total. The fourth-order valence-corrected chi connectivity index (χ4v) is 4.09. The lowest BCUT2D eigenvalue weighted by molar-refractivity contribution is 0.0978. The first-order valence-corrected chi connectivity index (χ1v) is 8.56. The van der Waals surface area contributed by atoms with Crippen molar-refractivity contribution in [2.75, 3.05) is 0 Å². The van der Waals surface area contributed by atoms with E-state index in [2.05, 4.69) is 0 Å². The highest BCUT2D eigenvalue weighted by Gasteiger charge is 2.31. The molecule has 1 saturated carbocycles. The van der Waals surface area contributed by atoms with E-state index in [1.807, 2.05) is 24.3 Å². The summed E-state index contributed by atoms with van der Waals surface area (Å²) < 4.78 is 0. The van der Waals surface area contributed by atoms with Crippen molar-refractivity contribution < 1.29 is 9.59 Å². The summed E-state index contributed by atoms with van der Waals surface area (Å²) in [5, 5.41) is 0. The van der Waals surface area contributed by atoms with Crippen LogP contribution in [0.15, 0.2) is 42.5 Å². The van der Waals surface area contributed by atoms with E-state index in [-0.39, 0.29) is 11.6 Å². The number of fused-ring (bicyclic) bond motifs is 2. The van der Waals surface area contributed by atoms with Crippen LogP contribution in [0, 0.1) is 5.92 Å². The van der Waals surface area contributed by atoms with E-state index in [0.717, 1.165) is 12.0 Å². The summed E-state index contributed by atoms with van der Waals surface area (Å²) in [6, 6.07) is 12.9. The van der Waals surface area contributed by atoms with Gasteiger partial charge in [0.25, 0.3) is 0 Å². The van der Waals surface area contributed by atoms with Crippen LogP contribution in [0.4, 0.5) is 0 Å². The average Bonchev–Trinajstić information content (AvgIpc) is 2.60. The van der Waals surface area contributed by atoms with Crippen LogP contribution < -0.4 is 0 Å². The largest absolute Gasteiger partial charge is 0.289 e. The van der Waals surface area contributed by atoms with Crippen molar-refractivity contribution in [2.24, 2.45) is 5.92 Å². The van der Waals surface area contributed by atoms with Gasteiger partial charge < -0.3 is 0 Å². The van der Waals surface area contributed by atoms with E-state index in [4.69, 9.17) is 0 Å². The second kappa shape index (κ2) is 5.77. The summed E-state index contributed by atoms with van der Waals surface area (Å²) in [6.45, 7) is 0. The molecule has 0 unspecified atom stereocenters. The van der Waals surface area contributed by atoms with Crippen molar-refractivity contribution in [3.63, 3.8) is 0 Å². The molecule has 0 aromatic heterocycles. The van der Waals surface area contributed by atoms with Crippen molar-refractivity contribution in [3.05, 3.63) is 70.3 Å². The van der Waals surface area contributed by atoms with Gasteiger partial charge in [-0.3, -0.25) is 9.59 Å². The van der Waals surface area contributed by atoms with E-state index in [9.17, 15) is 9.59 Å². The highest BCUT2D eigenvalue weighted by atomic mass is 16.1. The Labute approximate surface area is 136 Å².